The largest absolute Gasteiger partial charge is 0.365 e. The molecule has 0 radical (unpaired) electrons. The Morgan fingerprint density at radius 3 is 1.59 bits per heavy atom. The second-order valence-electron chi connectivity index (χ2n) is 5.33. The Labute approximate surface area is 153 Å². The van der Waals surface area contributed by atoms with Crippen LogP contribution in [-0.4, -0.2) is 23.4 Å². The molecule has 1 aliphatic carbocycles. The number of oxime groups is 2. The zero-order chi connectivity index (χ0) is 19.1. The Hall–Kier alpha value is -3.87. The van der Waals surface area contributed by atoms with Gasteiger partial charge in [0.25, 0.3) is 0 Å². The monoisotopic (exact) mass is 364 g/mol. The van der Waals surface area contributed by atoms with E-state index in [1.165, 1.54) is 24.3 Å². The molecule has 2 aromatic rings. The third kappa shape index (κ3) is 5.05. The van der Waals surface area contributed by atoms with E-state index in [2.05, 4.69) is 10.3 Å². The van der Waals surface area contributed by atoms with Gasteiger partial charge in [-0.25, -0.2) is 14.0 Å². The van der Waals surface area contributed by atoms with E-state index in [4.69, 9.17) is 9.68 Å². The summed E-state index contributed by atoms with van der Waals surface area (Å²) in [5, 5.41) is 7.44. The Morgan fingerprint density at radius 2 is 1.11 bits per heavy atom. The summed E-state index contributed by atoms with van der Waals surface area (Å²) in [6, 6.07) is 13.4. The van der Waals surface area contributed by atoms with Crippen LogP contribution in [0.5, 0.6) is 0 Å². The van der Waals surface area contributed by atoms with Gasteiger partial charge >= 0.3 is 11.9 Å². The van der Waals surface area contributed by atoms with Crippen molar-refractivity contribution in [2.45, 2.75) is 0 Å². The Bertz CT molecular complexity index is 943. The molecule has 0 aromatic heterocycles. The van der Waals surface area contributed by atoms with Crippen LogP contribution in [-0.2, 0) is 9.68 Å². The number of hydrogen-bond acceptors (Lipinski definition) is 6. The van der Waals surface area contributed by atoms with Crippen molar-refractivity contribution in [1.82, 2.24) is 0 Å². The lowest BCUT2D eigenvalue weighted by Crippen LogP contribution is -2.06. The molecule has 7 heteroatoms. The first-order chi connectivity index (χ1) is 13.1. The van der Waals surface area contributed by atoms with E-state index in [1.54, 1.807) is 42.5 Å². The minimum absolute atomic E-state index is 0.180. The Kier molecular flexibility index (Phi) is 5.64. The minimum atomic E-state index is -0.708. The molecule has 2 aromatic carbocycles. The minimum Gasteiger partial charge on any atom is -0.312 e. The van der Waals surface area contributed by atoms with Crippen molar-refractivity contribution in [3.8, 4) is 0 Å². The summed E-state index contributed by atoms with van der Waals surface area (Å²) in [6.07, 6.45) is 6.16. The molecular weight excluding hydrogens is 351 g/mol. The van der Waals surface area contributed by atoms with Gasteiger partial charge in [-0.2, -0.15) is 0 Å². The van der Waals surface area contributed by atoms with Crippen LogP contribution in [0.15, 0.2) is 89.2 Å². The second-order valence-corrected chi connectivity index (χ2v) is 5.33. The lowest BCUT2D eigenvalue weighted by molar-refractivity contribution is 0.0508. The second kappa shape index (κ2) is 8.48. The molecule has 0 fully saturated rings. The zero-order valence-corrected chi connectivity index (χ0v) is 13.9. The maximum Gasteiger partial charge on any atom is 0.365 e. The maximum absolute atomic E-state index is 12.8. The predicted molar refractivity (Wildman–Crippen MR) is 96.8 cm³/mol. The van der Waals surface area contributed by atoms with E-state index < -0.39 is 17.8 Å². The smallest absolute Gasteiger partial charge is 0.312 e. The van der Waals surface area contributed by atoms with Crippen molar-refractivity contribution in [1.29, 1.82) is 0 Å². The fourth-order valence-electron chi connectivity index (χ4n) is 2.03. The van der Waals surface area contributed by atoms with Crippen molar-refractivity contribution in [2.75, 3.05) is 0 Å². The highest BCUT2D eigenvalue weighted by molar-refractivity contribution is 6.18. The number of carbonyl (C=O) groups excluding carboxylic acids is 2. The number of rotatable bonds is 4. The van der Waals surface area contributed by atoms with Crippen LogP contribution >= 0.6 is 0 Å². The summed E-state index contributed by atoms with van der Waals surface area (Å²) in [7, 11) is 0. The van der Waals surface area contributed by atoms with Crippen LogP contribution in [0.3, 0.4) is 0 Å². The predicted octanol–water partition coefficient (Wildman–Crippen LogP) is 3.68. The van der Waals surface area contributed by atoms with Gasteiger partial charge < -0.3 is 9.68 Å². The molecule has 0 aliphatic heterocycles. The van der Waals surface area contributed by atoms with Gasteiger partial charge in [0.05, 0.1) is 11.1 Å². The number of nitrogens with zero attached hydrogens (tertiary/aromatic N) is 2. The Morgan fingerprint density at radius 1 is 0.667 bits per heavy atom. The first-order valence-corrected chi connectivity index (χ1v) is 7.87. The summed E-state index contributed by atoms with van der Waals surface area (Å²) in [5.74, 6) is -1.73. The summed E-state index contributed by atoms with van der Waals surface area (Å²) >= 11 is 0. The van der Waals surface area contributed by atoms with Crippen molar-refractivity contribution < 1.29 is 23.7 Å². The molecule has 0 saturated heterocycles. The van der Waals surface area contributed by atoms with E-state index in [0.29, 0.717) is 17.0 Å². The van der Waals surface area contributed by atoms with Crippen molar-refractivity contribution >= 4 is 23.4 Å². The molecule has 0 amide bonds. The highest BCUT2D eigenvalue weighted by Crippen LogP contribution is 2.07. The van der Waals surface area contributed by atoms with Gasteiger partial charge in [-0.3, -0.25) is 0 Å². The number of halogens is 1. The van der Waals surface area contributed by atoms with Gasteiger partial charge in [-0.1, -0.05) is 28.5 Å². The van der Waals surface area contributed by atoms with Crippen LogP contribution in [0.4, 0.5) is 4.39 Å². The molecule has 0 unspecified atom stereocenters. The molecule has 6 nitrogen and oxygen atoms in total. The number of hydrogen-bond donors (Lipinski definition) is 0. The van der Waals surface area contributed by atoms with E-state index in [1.807, 2.05) is 0 Å². The Balaban J connectivity index is 1.55. The molecule has 0 N–H and O–H groups in total. The first kappa shape index (κ1) is 17.9. The fraction of sp³-hybridized carbons (Fsp3) is 0. The van der Waals surface area contributed by atoms with Crippen molar-refractivity contribution in [3.05, 3.63) is 95.8 Å². The highest BCUT2D eigenvalue weighted by Gasteiger charge is 2.09. The van der Waals surface area contributed by atoms with Crippen molar-refractivity contribution in [3.63, 3.8) is 0 Å². The molecule has 3 rings (SSSR count). The van der Waals surface area contributed by atoms with Gasteiger partial charge in [0.1, 0.15) is 17.2 Å². The average Bonchev–Trinajstić information content (AvgIpc) is 2.72. The van der Waals surface area contributed by atoms with Crippen LogP contribution < -0.4 is 0 Å². The van der Waals surface area contributed by atoms with E-state index in [0.717, 1.165) is 12.1 Å². The topological polar surface area (TPSA) is 77.3 Å². The van der Waals surface area contributed by atoms with Gasteiger partial charge in [-0.05, 0) is 60.7 Å². The van der Waals surface area contributed by atoms with Crippen LogP contribution in [0.2, 0.25) is 0 Å². The standard InChI is InChI=1S/C20H13FN2O4/c21-16-8-6-15(7-9-16)20(25)27-23-18-12-10-17(11-13-18)22-26-19(24)14-4-2-1-3-5-14/h1-13H. The fourth-order valence-corrected chi connectivity index (χ4v) is 2.03. The number of benzene rings is 2. The summed E-state index contributed by atoms with van der Waals surface area (Å²) in [4.78, 5) is 33.3. The van der Waals surface area contributed by atoms with E-state index in [-0.39, 0.29) is 5.56 Å². The molecular formula is C20H13FN2O4. The summed E-state index contributed by atoms with van der Waals surface area (Å²) < 4.78 is 12.8. The first-order valence-electron chi connectivity index (χ1n) is 7.87. The zero-order valence-electron chi connectivity index (χ0n) is 13.9. The number of allylic oxidation sites excluding steroid dienone is 4. The van der Waals surface area contributed by atoms with Crippen LogP contribution in [0.1, 0.15) is 20.7 Å². The third-order valence-electron chi connectivity index (χ3n) is 3.41. The third-order valence-corrected chi connectivity index (χ3v) is 3.41. The molecule has 0 atom stereocenters. The van der Waals surface area contributed by atoms with Gasteiger partial charge in [0.2, 0.25) is 0 Å². The van der Waals surface area contributed by atoms with Crippen molar-refractivity contribution in [2.24, 2.45) is 10.3 Å². The molecule has 1 aliphatic rings. The van der Waals surface area contributed by atoms with Crippen LogP contribution in [0, 0.1) is 5.82 Å². The van der Waals surface area contributed by atoms with Crippen LogP contribution in [0.25, 0.3) is 0 Å². The van der Waals surface area contributed by atoms with E-state index in [9.17, 15) is 14.0 Å². The van der Waals surface area contributed by atoms with E-state index >= 15 is 0 Å². The maximum atomic E-state index is 12.8. The quantitative estimate of drug-likeness (QED) is 0.471. The average molecular weight is 364 g/mol. The molecule has 0 heterocycles. The molecule has 0 saturated carbocycles. The molecule has 0 bridgehead atoms. The molecule has 0 spiro atoms. The highest BCUT2D eigenvalue weighted by atomic mass is 19.1. The van der Waals surface area contributed by atoms with Gasteiger partial charge in [0.15, 0.2) is 0 Å². The normalized spacial score (nSPS) is 12.5. The summed E-state index contributed by atoms with van der Waals surface area (Å²) in [5.41, 5.74) is 1.32. The van der Waals surface area contributed by atoms with Gasteiger partial charge in [-0.15, -0.1) is 0 Å². The number of carbonyl (C=O) groups is 2. The lowest BCUT2D eigenvalue weighted by Gasteiger charge is -2.03. The SMILES string of the molecule is O=C(ON=C1C=CC(=NOC(=O)c2ccc(F)cc2)C=C1)c1ccccc1. The lowest BCUT2D eigenvalue weighted by atomic mass is 10.1. The molecule has 27 heavy (non-hydrogen) atoms. The summed E-state index contributed by atoms with van der Waals surface area (Å²) in [6.45, 7) is 0. The van der Waals surface area contributed by atoms with Gasteiger partial charge in [0, 0.05) is 0 Å². The molecule has 134 valence electrons.